The number of nitrogens with one attached hydrogen (secondary N) is 1. The van der Waals surface area contributed by atoms with Crippen molar-refractivity contribution in [1.82, 2.24) is 25.2 Å². The highest BCUT2D eigenvalue weighted by Gasteiger charge is 2.49. The van der Waals surface area contributed by atoms with Crippen molar-refractivity contribution < 1.29 is 22.6 Å². The number of nitrogens with zero attached hydrogens (tertiary/aromatic N) is 5. The number of hydrogen-bond acceptors (Lipinski definition) is 10. The van der Waals surface area contributed by atoms with Gasteiger partial charge in [0.1, 0.15) is 47.0 Å². The van der Waals surface area contributed by atoms with E-state index < -0.39 is 23.3 Å². The SMILES string of the molecule is N#Cc1c(N)sc2c(F)ccc(-c3ncc4c(OC5CCNC5)nc(OCC56CCCN5CC(F)C6)nc4c3F)c12. The fraction of sp³-hybridized carbons (Fsp3) is 0.429. The maximum Gasteiger partial charge on any atom is 0.320 e. The molecule has 1 aromatic carbocycles. The summed E-state index contributed by atoms with van der Waals surface area (Å²) in [4.78, 5) is 15.4. The lowest BCUT2D eigenvalue weighted by Gasteiger charge is -2.30. The third-order valence-corrected chi connectivity index (χ3v) is 9.37. The predicted octanol–water partition coefficient (Wildman–Crippen LogP) is 4.33. The van der Waals surface area contributed by atoms with Crippen LogP contribution in [0.1, 0.15) is 31.2 Å². The molecule has 0 spiro atoms. The van der Waals surface area contributed by atoms with Crippen molar-refractivity contribution in [2.24, 2.45) is 0 Å². The number of pyridine rings is 1. The number of thiophene rings is 1. The molecule has 3 saturated heterocycles. The standard InChI is InChI=1S/C28H26F3N7O2S/c29-14-8-28(5-1-7-38(28)12-14)13-39-27-36-23-18(26(37-27)40-15-4-6-34-10-15)11-35-22(21(23)31)16-2-3-19(30)24-20(16)17(9-32)25(33)41-24/h2-3,11,14-15,34H,1,4-8,10,12-13,33H2. The topological polar surface area (TPSA) is 122 Å². The van der Waals surface area contributed by atoms with Crippen molar-refractivity contribution in [2.45, 2.75) is 43.5 Å². The fourth-order valence-corrected chi connectivity index (χ4v) is 7.33. The van der Waals surface area contributed by atoms with E-state index in [1.165, 1.54) is 18.3 Å². The third-order valence-electron chi connectivity index (χ3n) is 8.34. The van der Waals surface area contributed by atoms with Gasteiger partial charge >= 0.3 is 6.01 Å². The Labute approximate surface area is 237 Å². The number of nitriles is 1. The van der Waals surface area contributed by atoms with Crippen molar-refractivity contribution in [2.75, 3.05) is 38.5 Å². The van der Waals surface area contributed by atoms with Crippen LogP contribution < -0.4 is 20.5 Å². The van der Waals surface area contributed by atoms with Crippen LogP contribution >= 0.6 is 11.3 Å². The van der Waals surface area contributed by atoms with Crippen LogP contribution in [0.25, 0.3) is 32.2 Å². The Kier molecular flexibility index (Phi) is 6.37. The number of alkyl halides is 1. The number of fused-ring (bicyclic) bond motifs is 3. The molecule has 3 aliphatic rings. The Morgan fingerprint density at radius 3 is 2.98 bits per heavy atom. The van der Waals surface area contributed by atoms with E-state index in [9.17, 15) is 14.0 Å². The summed E-state index contributed by atoms with van der Waals surface area (Å²) in [6.45, 7) is 2.73. The van der Waals surface area contributed by atoms with Crippen molar-refractivity contribution >= 4 is 37.3 Å². The first-order valence-corrected chi connectivity index (χ1v) is 14.3. The van der Waals surface area contributed by atoms with E-state index in [1.54, 1.807) is 0 Å². The van der Waals surface area contributed by atoms with Gasteiger partial charge in [-0.05, 0) is 44.5 Å². The molecule has 9 nitrogen and oxygen atoms in total. The Balaban J connectivity index is 1.34. The van der Waals surface area contributed by atoms with Gasteiger partial charge in [0.2, 0.25) is 5.88 Å². The van der Waals surface area contributed by atoms with E-state index in [0.717, 1.165) is 43.7 Å². The molecule has 3 atom stereocenters. The molecule has 0 amide bonds. The van der Waals surface area contributed by atoms with Crippen molar-refractivity contribution in [1.29, 1.82) is 5.26 Å². The molecule has 0 bridgehead atoms. The molecule has 212 valence electrons. The van der Waals surface area contributed by atoms with Crippen LogP contribution in [0.5, 0.6) is 11.9 Å². The number of halogens is 3. The lowest BCUT2D eigenvalue weighted by molar-refractivity contribution is 0.106. The maximum atomic E-state index is 16.4. The second-order valence-corrected chi connectivity index (χ2v) is 11.9. The van der Waals surface area contributed by atoms with E-state index in [-0.39, 0.29) is 67.4 Å². The van der Waals surface area contributed by atoms with Crippen molar-refractivity contribution in [3.63, 3.8) is 0 Å². The van der Waals surface area contributed by atoms with E-state index in [1.807, 2.05) is 6.07 Å². The summed E-state index contributed by atoms with van der Waals surface area (Å²) in [5.74, 6) is -1.23. The minimum atomic E-state index is -0.923. The second-order valence-electron chi connectivity index (χ2n) is 10.8. The summed E-state index contributed by atoms with van der Waals surface area (Å²) >= 11 is 0.924. The summed E-state index contributed by atoms with van der Waals surface area (Å²) in [6.07, 6.45) is 3.17. The highest BCUT2D eigenvalue weighted by molar-refractivity contribution is 7.23. The highest BCUT2D eigenvalue weighted by Crippen LogP contribution is 2.43. The van der Waals surface area contributed by atoms with Gasteiger partial charge < -0.3 is 20.5 Å². The molecule has 3 aliphatic heterocycles. The van der Waals surface area contributed by atoms with E-state index in [2.05, 4.69) is 25.2 Å². The van der Waals surface area contributed by atoms with Crippen LogP contribution in [0.2, 0.25) is 0 Å². The van der Waals surface area contributed by atoms with Gasteiger partial charge in [0.05, 0.1) is 21.2 Å². The molecule has 7 rings (SSSR count). The van der Waals surface area contributed by atoms with Gasteiger partial charge in [0.25, 0.3) is 0 Å². The Bertz CT molecular complexity index is 1720. The molecule has 41 heavy (non-hydrogen) atoms. The van der Waals surface area contributed by atoms with Crippen LogP contribution in [-0.2, 0) is 0 Å². The smallest absolute Gasteiger partial charge is 0.320 e. The molecule has 0 saturated carbocycles. The maximum absolute atomic E-state index is 16.4. The fourth-order valence-electron chi connectivity index (χ4n) is 6.38. The van der Waals surface area contributed by atoms with E-state index in [0.29, 0.717) is 19.5 Å². The van der Waals surface area contributed by atoms with Crippen LogP contribution in [0.3, 0.4) is 0 Å². The summed E-state index contributed by atoms with van der Waals surface area (Å²) in [6, 6.07) is 4.49. The number of nitrogens with two attached hydrogens (primary N) is 1. The van der Waals surface area contributed by atoms with Gasteiger partial charge in [-0.15, -0.1) is 11.3 Å². The number of ether oxygens (including phenoxy) is 2. The first-order valence-electron chi connectivity index (χ1n) is 13.5. The van der Waals surface area contributed by atoms with Gasteiger partial charge in [-0.3, -0.25) is 9.88 Å². The molecule has 3 fully saturated rings. The van der Waals surface area contributed by atoms with Gasteiger partial charge in [-0.1, -0.05) is 0 Å². The largest absolute Gasteiger partial charge is 0.472 e. The number of rotatable bonds is 6. The van der Waals surface area contributed by atoms with E-state index in [4.69, 9.17) is 15.2 Å². The molecular formula is C28H26F3N7O2S. The summed E-state index contributed by atoms with van der Waals surface area (Å²) < 4.78 is 57.7. The predicted molar refractivity (Wildman–Crippen MR) is 148 cm³/mol. The zero-order chi connectivity index (χ0) is 28.3. The number of nitrogen functional groups attached to an aromatic ring is 1. The quantitative estimate of drug-likeness (QED) is 0.343. The van der Waals surface area contributed by atoms with E-state index >= 15 is 4.39 Å². The number of anilines is 1. The van der Waals surface area contributed by atoms with Crippen molar-refractivity contribution in [3.8, 4) is 29.2 Å². The Morgan fingerprint density at radius 1 is 1.29 bits per heavy atom. The Hall–Kier alpha value is -3.73. The number of benzene rings is 1. The van der Waals surface area contributed by atoms with Crippen LogP contribution in [0.15, 0.2) is 18.3 Å². The molecule has 3 aromatic heterocycles. The lowest BCUT2D eigenvalue weighted by atomic mass is 9.95. The summed E-state index contributed by atoms with van der Waals surface area (Å²) in [5, 5.41) is 13.5. The second kappa shape index (κ2) is 9.97. The molecular weight excluding hydrogens is 555 g/mol. The highest BCUT2D eigenvalue weighted by atomic mass is 32.1. The first-order chi connectivity index (χ1) is 19.9. The molecule has 4 aromatic rings. The van der Waals surface area contributed by atoms with Crippen LogP contribution in [-0.4, -0.2) is 70.5 Å². The van der Waals surface area contributed by atoms with Gasteiger partial charge in [0.15, 0.2) is 5.82 Å². The summed E-state index contributed by atoms with van der Waals surface area (Å²) in [5.41, 5.74) is 5.62. The molecule has 3 N–H and O–H groups in total. The number of aromatic nitrogens is 3. The normalized spacial score (nSPS) is 24.2. The molecule has 0 radical (unpaired) electrons. The Morgan fingerprint density at radius 2 is 2.17 bits per heavy atom. The zero-order valence-corrected chi connectivity index (χ0v) is 22.7. The first kappa shape index (κ1) is 26.2. The zero-order valence-electron chi connectivity index (χ0n) is 21.9. The summed E-state index contributed by atoms with van der Waals surface area (Å²) in [7, 11) is 0. The van der Waals surface area contributed by atoms with Crippen LogP contribution in [0.4, 0.5) is 18.2 Å². The average molecular weight is 582 g/mol. The molecule has 0 aliphatic carbocycles. The minimum absolute atomic E-state index is 0.0633. The molecule has 3 unspecified atom stereocenters. The third kappa shape index (κ3) is 4.32. The van der Waals surface area contributed by atoms with Crippen molar-refractivity contribution in [3.05, 3.63) is 35.5 Å². The lowest BCUT2D eigenvalue weighted by Crippen LogP contribution is -2.43. The molecule has 13 heteroatoms. The van der Waals surface area contributed by atoms with Gasteiger partial charge in [-0.25, -0.2) is 13.2 Å². The number of hydrogen-bond donors (Lipinski definition) is 2. The van der Waals surface area contributed by atoms with Gasteiger partial charge in [-0.2, -0.15) is 15.2 Å². The molecule has 6 heterocycles. The van der Waals surface area contributed by atoms with Crippen LogP contribution in [0, 0.1) is 23.0 Å². The monoisotopic (exact) mass is 581 g/mol. The minimum Gasteiger partial charge on any atom is -0.472 e. The average Bonchev–Trinajstić information content (AvgIpc) is 3.73. The van der Waals surface area contributed by atoms with Gasteiger partial charge in [0, 0.05) is 36.7 Å².